The van der Waals surface area contributed by atoms with Gasteiger partial charge in [0.15, 0.2) is 0 Å². The van der Waals surface area contributed by atoms with Gasteiger partial charge in [0, 0.05) is 108 Å². The molecule has 2 atom stereocenters. The van der Waals surface area contributed by atoms with Gasteiger partial charge in [0.1, 0.15) is 24.2 Å². The van der Waals surface area contributed by atoms with Crippen molar-refractivity contribution in [3.05, 3.63) is 117 Å². The molecule has 6 aromatic rings. The first-order chi connectivity index (χ1) is 33.2. The van der Waals surface area contributed by atoms with E-state index in [4.69, 9.17) is 5.73 Å². The van der Waals surface area contributed by atoms with E-state index in [0.29, 0.717) is 23.8 Å². The van der Waals surface area contributed by atoms with Crippen molar-refractivity contribution < 1.29 is 23.6 Å². The molecule has 0 spiro atoms. The summed E-state index contributed by atoms with van der Waals surface area (Å²) in [4.78, 5) is 86.7. The Morgan fingerprint density at radius 1 is 0.870 bits per heavy atom. The number of likely N-dealkylation sites (N-methyl/N-ethyl adjacent to an activating group) is 1. The first-order valence-electron chi connectivity index (χ1n) is 23.3. The van der Waals surface area contributed by atoms with Crippen LogP contribution in [0.2, 0.25) is 0 Å². The molecule has 4 N–H and O–H groups in total. The number of nitrogens with one attached hydrogen (secondary N) is 2. The number of carbonyl (C=O) groups is 4. The molecule has 0 aliphatic carbocycles. The number of piperidine rings is 2. The molecule has 3 fully saturated rings. The molecular formula is C49H54FN13O6. The molecule has 19 nitrogen and oxygen atoms in total. The van der Waals surface area contributed by atoms with E-state index < -0.39 is 29.7 Å². The van der Waals surface area contributed by atoms with E-state index in [0.717, 1.165) is 97.6 Å². The molecule has 3 aromatic heterocycles. The number of hydrogen-bond acceptors (Lipinski definition) is 11. The fourth-order valence-electron chi connectivity index (χ4n) is 10.8. The van der Waals surface area contributed by atoms with Gasteiger partial charge in [-0.3, -0.25) is 38.5 Å². The summed E-state index contributed by atoms with van der Waals surface area (Å²) in [6, 6.07) is 16.5. The summed E-state index contributed by atoms with van der Waals surface area (Å²) in [5, 5.41) is 9.48. The second kappa shape index (κ2) is 17.7. The van der Waals surface area contributed by atoms with Crippen LogP contribution in [0.4, 0.5) is 21.5 Å². The zero-order valence-electron chi connectivity index (χ0n) is 38.9. The smallest absolute Gasteiger partial charge is 0.350 e. The standard InChI is InChI=1S/C49H54FN13O6/c1-5-61-40(25-29-15-18-55(2)44(42(29)61)47(67)53-30-9-12-35(50)34(26-30)45(51)65)33-11-10-32(62-28-52-57(4)49(62)69)27-39(33)60-23-21-58(22-24-60)31-16-19-59(20-17-31)36-7-6-8-37-43(36)56(3)48(68)63(37)38-13-14-41(64)54-46(38)66/h6-12,15,18,25-28,31,38,44H,5,13-14,16-17,19-24H2,1-4H3,(H2,51,65)(H,53,67)(H,54,64,66). The third kappa shape index (κ3) is 7.87. The lowest BCUT2D eigenvalue weighted by atomic mass is 10.0. The van der Waals surface area contributed by atoms with Crippen molar-refractivity contribution in [3.63, 3.8) is 0 Å². The van der Waals surface area contributed by atoms with Crippen LogP contribution < -0.4 is 37.5 Å². The van der Waals surface area contributed by atoms with E-state index in [1.165, 1.54) is 32.3 Å². The summed E-state index contributed by atoms with van der Waals surface area (Å²) in [7, 11) is 5.17. The highest BCUT2D eigenvalue weighted by Gasteiger charge is 2.36. The number of primary amides is 1. The first kappa shape index (κ1) is 45.1. The maximum atomic E-state index is 14.3. The maximum Gasteiger partial charge on any atom is 0.350 e. The number of fused-ring (bicyclic) bond motifs is 2. The molecule has 10 rings (SSSR count). The van der Waals surface area contributed by atoms with Crippen LogP contribution in [0.25, 0.3) is 34.1 Å². The number of hydrogen-bond donors (Lipinski definition) is 3. The molecular weight excluding hydrogens is 886 g/mol. The fourth-order valence-corrected chi connectivity index (χ4v) is 10.8. The van der Waals surface area contributed by atoms with Crippen LogP contribution in [0.15, 0.2) is 82.8 Å². The molecule has 69 heavy (non-hydrogen) atoms. The number of anilines is 3. The Hall–Kier alpha value is -7.74. The number of nitrogens with zero attached hydrogens (tertiary/aromatic N) is 10. The molecule has 3 saturated heterocycles. The predicted molar refractivity (Wildman–Crippen MR) is 259 cm³/mol. The van der Waals surface area contributed by atoms with Crippen molar-refractivity contribution in [1.29, 1.82) is 0 Å². The Balaban J connectivity index is 0.900. The second-order valence-corrected chi connectivity index (χ2v) is 18.2. The Bertz CT molecular complexity index is 3220. The molecule has 4 aliphatic heterocycles. The van der Waals surface area contributed by atoms with Gasteiger partial charge in [0.05, 0.1) is 39.4 Å². The van der Waals surface area contributed by atoms with Gasteiger partial charge in [0.25, 0.3) is 11.8 Å². The maximum absolute atomic E-state index is 14.3. The van der Waals surface area contributed by atoms with E-state index in [1.54, 1.807) is 18.7 Å². The van der Waals surface area contributed by atoms with Gasteiger partial charge >= 0.3 is 11.4 Å². The number of carbonyl (C=O) groups excluding carboxylic acids is 4. The second-order valence-electron chi connectivity index (χ2n) is 18.2. The lowest BCUT2D eigenvalue weighted by Crippen LogP contribution is -2.53. The van der Waals surface area contributed by atoms with Gasteiger partial charge in [0.2, 0.25) is 11.8 Å². The van der Waals surface area contributed by atoms with E-state index >= 15 is 0 Å². The normalized spacial score (nSPS) is 19.1. The number of imidazole rings is 1. The summed E-state index contributed by atoms with van der Waals surface area (Å²) < 4.78 is 22.5. The SMILES string of the molecule is CCn1c(-c2ccc(-n3cnn(C)c3=O)cc2N2CCN(C3CCN(c4cccc5c4n(C)c(=O)n5C4CCC(=O)NC4=O)CC3)CC2)cc2c1C(C(=O)Nc1ccc(F)c(C(N)=O)c1)N(C)C=C2. The number of para-hydroxylation sites is 1. The Kier molecular flexibility index (Phi) is 11.6. The van der Waals surface area contributed by atoms with Crippen LogP contribution in [0.3, 0.4) is 0 Å². The zero-order chi connectivity index (χ0) is 48.4. The van der Waals surface area contributed by atoms with Crippen molar-refractivity contribution >= 4 is 57.8 Å². The number of imide groups is 1. The lowest BCUT2D eigenvalue weighted by Gasteiger charge is -2.44. The molecule has 0 saturated carbocycles. The number of aryl methyl sites for hydroxylation is 2. The van der Waals surface area contributed by atoms with Crippen LogP contribution in [-0.4, -0.2) is 114 Å². The molecule has 20 heteroatoms. The quantitative estimate of drug-likeness (QED) is 0.170. The highest BCUT2D eigenvalue weighted by atomic mass is 19.1. The van der Waals surface area contributed by atoms with Crippen molar-refractivity contribution in [2.45, 2.75) is 57.3 Å². The lowest BCUT2D eigenvalue weighted by molar-refractivity contribution is -0.135. The third-order valence-corrected chi connectivity index (χ3v) is 14.3. The minimum atomic E-state index is -0.936. The van der Waals surface area contributed by atoms with Crippen LogP contribution >= 0.6 is 0 Å². The van der Waals surface area contributed by atoms with Gasteiger partial charge in [-0.05, 0) is 86.9 Å². The van der Waals surface area contributed by atoms with Crippen LogP contribution in [-0.2, 0) is 35.0 Å². The van der Waals surface area contributed by atoms with Crippen molar-refractivity contribution in [3.8, 4) is 16.9 Å². The first-order valence-corrected chi connectivity index (χ1v) is 23.3. The van der Waals surface area contributed by atoms with Crippen LogP contribution in [0.5, 0.6) is 0 Å². The average Bonchev–Trinajstić information content (AvgIpc) is 3.98. The number of benzene rings is 3. The number of nitrogens with two attached hydrogens (primary N) is 1. The van der Waals surface area contributed by atoms with Crippen LogP contribution in [0.1, 0.15) is 66.3 Å². The Morgan fingerprint density at radius 2 is 1.62 bits per heavy atom. The predicted octanol–water partition coefficient (Wildman–Crippen LogP) is 3.32. The largest absolute Gasteiger partial charge is 0.370 e. The highest BCUT2D eigenvalue weighted by Crippen LogP contribution is 2.41. The fraction of sp³-hybridized carbons (Fsp3) is 0.367. The molecule has 0 radical (unpaired) electrons. The summed E-state index contributed by atoms with van der Waals surface area (Å²) in [6.07, 6.45) is 7.64. The van der Waals surface area contributed by atoms with E-state index in [1.807, 2.05) is 67.5 Å². The van der Waals surface area contributed by atoms with Gasteiger partial charge in [-0.15, -0.1) is 0 Å². The Labute approximate surface area is 395 Å². The van der Waals surface area contributed by atoms with Gasteiger partial charge < -0.3 is 30.3 Å². The molecule has 2 unspecified atom stereocenters. The van der Waals surface area contributed by atoms with Gasteiger partial charge in [-0.25, -0.2) is 23.2 Å². The summed E-state index contributed by atoms with van der Waals surface area (Å²) in [5.74, 6) is -2.86. The number of aromatic nitrogens is 6. The van der Waals surface area contributed by atoms with E-state index in [2.05, 4.69) is 41.1 Å². The minimum Gasteiger partial charge on any atom is -0.370 e. The zero-order valence-corrected chi connectivity index (χ0v) is 38.9. The summed E-state index contributed by atoms with van der Waals surface area (Å²) in [5.41, 5.74) is 12.2. The number of rotatable bonds is 10. The van der Waals surface area contributed by atoms with Gasteiger partial charge in [-0.2, -0.15) is 5.10 Å². The van der Waals surface area contributed by atoms with Crippen molar-refractivity contribution in [2.75, 3.05) is 61.4 Å². The molecule has 7 heterocycles. The average molecular weight is 940 g/mol. The summed E-state index contributed by atoms with van der Waals surface area (Å²) >= 11 is 0. The van der Waals surface area contributed by atoms with E-state index in [9.17, 15) is 33.2 Å². The highest BCUT2D eigenvalue weighted by molar-refractivity contribution is 6.01. The number of piperazine rings is 1. The molecule has 4 amide bonds. The molecule has 3 aromatic carbocycles. The minimum absolute atomic E-state index is 0.180. The topological polar surface area (TPSA) is 203 Å². The van der Waals surface area contributed by atoms with Gasteiger partial charge in [-0.1, -0.05) is 6.07 Å². The van der Waals surface area contributed by atoms with Crippen molar-refractivity contribution in [2.24, 2.45) is 19.8 Å². The third-order valence-electron chi connectivity index (χ3n) is 14.3. The molecule has 4 aliphatic rings. The monoisotopic (exact) mass is 939 g/mol. The molecule has 358 valence electrons. The van der Waals surface area contributed by atoms with E-state index in [-0.39, 0.29) is 47.3 Å². The molecule has 0 bridgehead atoms. The van der Waals surface area contributed by atoms with Crippen molar-refractivity contribution in [1.82, 2.24) is 43.2 Å². The summed E-state index contributed by atoms with van der Waals surface area (Å²) in [6.45, 7) is 7.19. The van der Waals surface area contributed by atoms with Crippen LogP contribution in [0, 0.1) is 5.82 Å². The Morgan fingerprint density at radius 3 is 2.32 bits per heavy atom. The number of amides is 4. The number of halogens is 1.